The van der Waals surface area contributed by atoms with Crippen molar-refractivity contribution in [3.8, 4) is 0 Å². The number of carbonyl (C=O) groups excluding carboxylic acids is 4. The highest BCUT2D eigenvalue weighted by Gasteiger charge is 2.45. The Hall–Kier alpha value is -5.56. The third-order valence-corrected chi connectivity index (χ3v) is 13.3. The number of ether oxygens (including phenoxy) is 6. The molecule has 2 aliphatic carbocycles. The number of nitrogens with two attached hydrogens (primary N) is 2. The molecule has 4 aromatic carbocycles. The molecule has 0 fully saturated rings. The monoisotopic (exact) mass is 966 g/mol. The standard InChI is InChI=1S/C54H70N4O12/c1-7-31(3)43(55)53(63)69-33(5)67-41-27-37-23-15-17-25-39(37)45(41)57-51(61)49(65-29-35-19-11-9-12-20-35)47(59)48(60)50(66-30-36-21-13-10-14-22-36)52(62)58-46-40-26-18-16-24-38(40)28-42(46)68-34(6)70-54(64)44(56)32(4)8-2/h9-26,31-34,41-50,59-60H,7-8,27-30,55-56H2,1-6H3,(H,57,61)(H,58,62)/t31-,32-,33?,34?,41+,42+,43-,44-,45-,46-,47+,48+,49+,50+/m0/s1. The fourth-order valence-corrected chi connectivity index (χ4v) is 8.72. The van der Waals surface area contributed by atoms with Gasteiger partial charge in [0.2, 0.25) is 12.6 Å². The van der Waals surface area contributed by atoms with Gasteiger partial charge in [-0.1, -0.05) is 150 Å². The van der Waals surface area contributed by atoms with Crippen LogP contribution in [0.2, 0.25) is 0 Å². The second-order valence-electron chi connectivity index (χ2n) is 18.4. The van der Waals surface area contributed by atoms with Crippen molar-refractivity contribution in [1.29, 1.82) is 0 Å². The molecule has 0 saturated heterocycles. The van der Waals surface area contributed by atoms with Gasteiger partial charge in [0.15, 0.2) is 12.2 Å². The molecule has 0 heterocycles. The number of hydrogen-bond donors (Lipinski definition) is 6. The molecule has 0 bridgehead atoms. The van der Waals surface area contributed by atoms with Crippen molar-refractivity contribution in [2.75, 3.05) is 0 Å². The van der Waals surface area contributed by atoms with Crippen LogP contribution in [-0.2, 0) is 73.7 Å². The van der Waals surface area contributed by atoms with E-state index in [1.165, 1.54) is 0 Å². The van der Waals surface area contributed by atoms with Crippen LogP contribution in [0.15, 0.2) is 109 Å². The minimum Gasteiger partial charge on any atom is -0.435 e. The maximum atomic E-state index is 14.7. The quantitative estimate of drug-likeness (QED) is 0.0379. The molecule has 2 aliphatic rings. The first kappa shape index (κ1) is 53.8. The van der Waals surface area contributed by atoms with Crippen LogP contribution in [-0.4, -0.2) is 95.3 Å². The smallest absolute Gasteiger partial charge is 0.325 e. The number of fused-ring (bicyclic) bond motifs is 2. The maximum absolute atomic E-state index is 14.7. The van der Waals surface area contributed by atoms with E-state index in [4.69, 9.17) is 39.9 Å². The number of carbonyl (C=O) groups is 4. The summed E-state index contributed by atoms with van der Waals surface area (Å²) in [6.07, 6.45) is -9.16. The van der Waals surface area contributed by atoms with Gasteiger partial charge in [0, 0.05) is 12.8 Å². The summed E-state index contributed by atoms with van der Waals surface area (Å²) in [5, 5.41) is 30.4. The van der Waals surface area contributed by atoms with Gasteiger partial charge in [-0.3, -0.25) is 19.2 Å². The lowest BCUT2D eigenvalue weighted by atomic mass is 9.99. The molecule has 70 heavy (non-hydrogen) atoms. The molecular weight excluding hydrogens is 897 g/mol. The van der Waals surface area contributed by atoms with Gasteiger partial charge in [-0.2, -0.15) is 0 Å². The van der Waals surface area contributed by atoms with Crippen LogP contribution in [0.1, 0.15) is 99.8 Å². The Morgan fingerprint density at radius 1 is 0.557 bits per heavy atom. The first-order valence-electron chi connectivity index (χ1n) is 24.3. The average Bonchev–Trinajstić information content (AvgIpc) is 3.88. The Kier molecular flexibility index (Phi) is 19.6. The van der Waals surface area contributed by atoms with Crippen molar-refractivity contribution in [2.45, 2.75) is 154 Å². The number of nitrogens with one attached hydrogen (secondary N) is 2. The van der Waals surface area contributed by atoms with Crippen molar-refractivity contribution >= 4 is 23.8 Å². The topological polar surface area (TPSA) is 240 Å². The van der Waals surface area contributed by atoms with E-state index in [0.717, 1.165) is 22.3 Å². The van der Waals surface area contributed by atoms with Gasteiger partial charge in [0.05, 0.1) is 37.5 Å². The number of hydrogen-bond acceptors (Lipinski definition) is 14. The molecule has 4 aromatic rings. The summed E-state index contributed by atoms with van der Waals surface area (Å²) in [6, 6.07) is 29.4. The van der Waals surface area contributed by atoms with Crippen molar-refractivity contribution in [2.24, 2.45) is 23.3 Å². The number of rotatable bonds is 25. The van der Waals surface area contributed by atoms with E-state index in [1.807, 2.05) is 88.4 Å². The van der Waals surface area contributed by atoms with Crippen LogP contribution < -0.4 is 22.1 Å². The van der Waals surface area contributed by atoms with Gasteiger partial charge < -0.3 is 60.7 Å². The molecule has 0 aliphatic heterocycles. The predicted molar refractivity (Wildman–Crippen MR) is 260 cm³/mol. The van der Waals surface area contributed by atoms with Gasteiger partial charge in [-0.25, -0.2) is 0 Å². The van der Waals surface area contributed by atoms with Gasteiger partial charge in [-0.15, -0.1) is 0 Å². The van der Waals surface area contributed by atoms with Gasteiger partial charge in [0.1, 0.15) is 24.3 Å². The Morgan fingerprint density at radius 2 is 0.900 bits per heavy atom. The third-order valence-electron chi connectivity index (χ3n) is 13.3. The molecular formula is C54H70N4O12. The zero-order valence-corrected chi connectivity index (χ0v) is 40.8. The Labute approximate surface area is 410 Å². The molecule has 0 saturated carbocycles. The van der Waals surface area contributed by atoms with E-state index in [-0.39, 0.29) is 25.0 Å². The summed E-state index contributed by atoms with van der Waals surface area (Å²) in [5.41, 5.74) is 16.8. The van der Waals surface area contributed by atoms with Crippen LogP contribution in [0.4, 0.5) is 0 Å². The molecule has 0 aromatic heterocycles. The fraction of sp³-hybridized carbons (Fsp3) is 0.481. The van der Waals surface area contributed by atoms with Crippen molar-refractivity contribution in [3.05, 3.63) is 143 Å². The molecule has 2 unspecified atom stereocenters. The van der Waals surface area contributed by atoms with Crippen LogP contribution in [0.3, 0.4) is 0 Å². The number of esters is 2. The summed E-state index contributed by atoms with van der Waals surface area (Å²) < 4.78 is 36.2. The predicted octanol–water partition coefficient (Wildman–Crippen LogP) is 5.00. The van der Waals surface area contributed by atoms with E-state index < -0.39 is 97.1 Å². The molecule has 16 heteroatoms. The van der Waals surface area contributed by atoms with E-state index in [2.05, 4.69) is 10.6 Å². The number of amides is 2. The number of aliphatic hydroxyl groups excluding tert-OH is 2. The number of aliphatic hydroxyl groups is 2. The van der Waals surface area contributed by atoms with Gasteiger partial charge >= 0.3 is 11.9 Å². The summed E-state index contributed by atoms with van der Waals surface area (Å²) in [5.74, 6) is -3.12. The fourth-order valence-electron chi connectivity index (χ4n) is 8.72. The lowest BCUT2D eigenvalue weighted by Crippen LogP contribution is -2.57. The van der Waals surface area contributed by atoms with E-state index in [1.54, 1.807) is 62.4 Å². The van der Waals surface area contributed by atoms with Crippen LogP contribution in [0, 0.1) is 11.8 Å². The Bertz CT molecular complexity index is 2160. The molecule has 8 N–H and O–H groups in total. The molecule has 6 rings (SSSR count). The third kappa shape index (κ3) is 13.9. The van der Waals surface area contributed by atoms with E-state index >= 15 is 0 Å². The zero-order chi connectivity index (χ0) is 50.5. The normalized spacial score (nSPS) is 21.6. The van der Waals surface area contributed by atoms with Crippen molar-refractivity contribution < 1.29 is 57.8 Å². The molecule has 0 spiro atoms. The Morgan fingerprint density at radius 3 is 1.26 bits per heavy atom. The highest BCUT2D eigenvalue weighted by Crippen LogP contribution is 2.36. The van der Waals surface area contributed by atoms with Crippen LogP contribution in [0.25, 0.3) is 0 Å². The summed E-state index contributed by atoms with van der Waals surface area (Å²) in [4.78, 5) is 55.3. The molecule has 0 radical (unpaired) electrons. The minimum atomic E-state index is -2.05. The molecule has 2 amide bonds. The number of benzene rings is 4. The van der Waals surface area contributed by atoms with Crippen LogP contribution in [0.5, 0.6) is 0 Å². The SMILES string of the molecule is CC[C@H](C)[C@H](N)C(=O)OC(C)O[C@@H]1Cc2ccccc2[C@@H]1NC(=O)[C@H](OCc1ccccc1)[C@H](O)[C@@H](O)[C@@H](OCc1ccccc1)C(=O)N[C@H]1c2ccccc2C[C@H]1OC(C)OC(=O)[C@@H](N)[C@@H](C)CC. The highest BCUT2D eigenvalue weighted by atomic mass is 16.7. The molecule has 378 valence electrons. The van der Waals surface area contributed by atoms with Crippen LogP contribution >= 0.6 is 0 Å². The van der Waals surface area contributed by atoms with Gasteiger partial charge in [0.25, 0.3) is 11.8 Å². The van der Waals surface area contributed by atoms with Crippen molar-refractivity contribution in [1.82, 2.24) is 10.6 Å². The average molecular weight is 967 g/mol. The first-order chi connectivity index (χ1) is 33.6. The molecule has 16 nitrogen and oxygen atoms in total. The zero-order valence-electron chi connectivity index (χ0n) is 40.8. The second-order valence-corrected chi connectivity index (χ2v) is 18.4. The van der Waals surface area contributed by atoms with E-state index in [9.17, 15) is 29.4 Å². The first-order valence-corrected chi connectivity index (χ1v) is 24.3. The maximum Gasteiger partial charge on any atom is 0.325 e. The Balaban J connectivity index is 1.26. The van der Waals surface area contributed by atoms with E-state index in [0.29, 0.717) is 36.8 Å². The summed E-state index contributed by atoms with van der Waals surface area (Å²) in [6.45, 7) is 10.4. The van der Waals surface area contributed by atoms with Crippen molar-refractivity contribution in [3.63, 3.8) is 0 Å². The second kappa shape index (κ2) is 25.5. The largest absolute Gasteiger partial charge is 0.435 e. The highest BCUT2D eigenvalue weighted by molar-refractivity contribution is 5.84. The summed E-state index contributed by atoms with van der Waals surface area (Å²) in [7, 11) is 0. The minimum absolute atomic E-state index is 0.122. The lowest BCUT2D eigenvalue weighted by Gasteiger charge is -2.33. The van der Waals surface area contributed by atoms with Gasteiger partial charge in [-0.05, 0) is 59.1 Å². The summed E-state index contributed by atoms with van der Waals surface area (Å²) >= 11 is 0. The lowest BCUT2D eigenvalue weighted by molar-refractivity contribution is -0.192. The molecule has 14 atom stereocenters.